The largest absolute Gasteiger partial charge is 0.493 e. The minimum absolute atomic E-state index is 0.0857. The van der Waals surface area contributed by atoms with Gasteiger partial charge in [0.1, 0.15) is 11.5 Å². The molecule has 5 aromatic rings. The lowest BCUT2D eigenvalue weighted by Crippen LogP contribution is -2.27. The van der Waals surface area contributed by atoms with Gasteiger partial charge in [0.05, 0.1) is 33.2 Å². The van der Waals surface area contributed by atoms with Crippen LogP contribution in [0.5, 0.6) is 28.7 Å². The smallest absolute Gasteiger partial charge is 0.336 e. The highest BCUT2D eigenvalue weighted by molar-refractivity contribution is 5.88. The molecule has 0 amide bonds. The zero-order chi connectivity index (χ0) is 35.5. The Balaban J connectivity index is 1.25. The monoisotopic (exact) mass is 676 g/mol. The number of carbonyl (C=O) groups is 2. The summed E-state index contributed by atoms with van der Waals surface area (Å²) in [5.74, 6) is 1.10. The average molecular weight is 677 g/mol. The zero-order valence-corrected chi connectivity index (χ0v) is 28.4. The fourth-order valence-electron chi connectivity index (χ4n) is 4.94. The standard InChI is InChI=1S/C41H40O9/c1-27(2)40(42)49-37(47-33-19-17-29-11-6-8-13-31(29)25-33)21-23-45-36-16-10-15-35(44-5)39(36)46-24-22-38(50-41(43)28(3)4)48-34-20-18-30-12-7-9-14-32(30)26-34/h6-20,25-26,37-38H,1,3,21-24H2,2,4-5H3. The summed E-state index contributed by atoms with van der Waals surface area (Å²) in [6.07, 6.45) is -1.54. The summed E-state index contributed by atoms with van der Waals surface area (Å²) in [5.41, 5.74) is 0.494. The molecular formula is C41H40O9. The lowest BCUT2D eigenvalue weighted by atomic mass is 10.1. The van der Waals surface area contributed by atoms with E-state index in [2.05, 4.69) is 13.2 Å². The molecule has 0 saturated carbocycles. The summed E-state index contributed by atoms with van der Waals surface area (Å²) in [7, 11) is 1.52. The number of methoxy groups -OCH3 is 1. The highest BCUT2D eigenvalue weighted by Crippen LogP contribution is 2.37. The first-order valence-corrected chi connectivity index (χ1v) is 16.2. The molecule has 0 spiro atoms. The van der Waals surface area contributed by atoms with Gasteiger partial charge in [0.15, 0.2) is 11.5 Å². The van der Waals surface area contributed by atoms with Crippen molar-refractivity contribution in [1.82, 2.24) is 0 Å². The van der Waals surface area contributed by atoms with E-state index in [1.54, 1.807) is 32.0 Å². The first-order chi connectivity index (χ1) is 24.2. The van der Waals surface area contributed by atoms with E-state index in [9.17, 15) is 9.59 Å². The van der Waals surface area contributed by atoms with Crippen LogP contribution >= 0.6 is 0 Å². The van der Waals surface area contributed by atoms with Gasteiger partial charge in [0.25, 0.3) is 0 Å². The van der Waals surface area contributed by atoms with Crippen LogP contribution in [0.3, 0.4) is 0 Å². The van der Waals surface area contributed by atoms with Crippen molar-refractivity contribution in [3.05, 3.63) is 127 Å². The van der Waals surface area contributed by atoms with Crippen molar-refractivity contribution in [3.8, 4) is 28.7 Å². The number of esters is 2. The fourth-order valence-corrected chi connectivity index (χ4v) is 4.94. The molecule has 5 aromatic carbocycles. The van der Waals surface area contributed by atoms with E-state index >= 15 is 0 Å². The van der Waals surface area contributed by atoms with Gasteiger partial charge in [-0.2, -0.15) is 0 Å². The molecule has 0 aromatic heterocycles. The molecule has 2 atom stereocenters. The van der Waals surface area contributed by atoms with E-state index in [0.29, 0.717) is 28.7 Å². The Morgan fingerprint density at radius 3 is 1.52 bits per heavy atom. The van der Waals surface area contributed by atoms with E-state index < -0.39 is 24.5 Å². The molecule has 0 aliphatic heterocycles. The Kier molecular flexibility index (Phi) is 12.0. The number of carbonyl (C=O) groups excluding carboxylic acids is 2. The number of ether oxygens (including phenoxy) is 7. The van der Waals surface area contributed by atoms with E-state index in [-0.39, 0.29) is 37.2 Å². The third-order valence-corrected chi connectivity index (χ3v) is 7.52. The first kappa shape index (κ1) is 35.3. The van der Waals surface area contributed by atoms with Crippen molar-refractivity contribution in [1.29, 1.82) is 0 Å². The van der Waals surface area contributed by atoms with Gasteiger partial charge in [-0.3, -0.25) is 0 Å². The van der Waals surface area contributed by atoms with Crippen LogP contribution in [0.25, 0.3) is 21.5 Å². The molecule has 0 heterocycles. The summed E-state index contributed by atoms with van der Waals surface area (Å²) in [6.45, 7) is 10.7. The predicted octanol–water partition coefficient (Wildman–Crippen LogP) is 8.59. The van der Waals surface area contributed by atoms with Crippen molar-refractivity contribution in [2.24, 2.45) is 0 Å². The van der Waals surface area contributed by atoms with E-state index in [1.807, 2.05) is 84.9 Å². The highest BCUT2D eigenvalue weighted by Gasteiger charge is 2.21. The maximum atomic E-state index is 12.5. The van der Waals surface area contributed by atoms with Crippen molar-refractivity contribution >= 4 is 33.5 Å². The predicted molar refractivity (Wildman–Crippen MR) is 192 cm³/mol. The quantitative estimate of drug-likeness (QED) is 0.0545. The van der Waals surface area contributed by atoms with Crippen LogP contribution in [0.4, 0.5) is 0 Å². The van der Waals surface area contributed by atoms with E-state index in [4.69, 9.17) is 33.2 Å². The number of benzene rings is 5. The van der Waals surface area contributed by atoms with Crippen LogP contribution in [0, 0.1) is 0 Å². The third kappa shape index (κ3) is 9.56. The fraction of sp³-hybridized carbons (Fsp3) is 0.220. The van der Waals surface area contributed by atoms with Gasteiger partial charge < -0.3 is 33.2 Å². The van der Waals surface area contributed by atoms with Gasteiger partial charge >= 0.3 is 11.9 Å². The van der Waals surface area contributed by atoms with Crippen LogP contribution in [-0.2, 0) is 19.1 Å². The van der Waals surface area contributed by atoms with Crippen molar-refractivity contribution in [3.63, 3.8) is 0 Å². The van der Waals surface area contributed by atoms with Crippen LogP contribution in [-0.4, -0.2) is 44.8 Å². The molecule has 9 heteroatoms. The Morgan fingerprint density at radius 2 is 1.04 bits per heavy atom. The molecule has 0 bridgehead atoms. The van der Waals surface area contributed by atoms with Gasteiger partial charge in [0.2, 0.25) is 18.3 Å². The minimum atomic E-state index is -0.963. The molecule has 258 valence electrons. The highest BCUT2D eigenvalue weighted by atomic mass is 16.7. The van der Waals surface area contributed by atoms with Gasteiger partial charge in [0, 0.05) is 11.1 Å². The molecule has 9 nitrogen and oxygen atoms in total. The van der Waals surface area contributed by atoms with Crippen molar-refractivity contribution in [2.75, 3.05) is 20.3 Å². The van der Waals surface area contributed by atoms with Crippen LogP contribution < -0.4 is 23.7 Å². The minimum Gasteiger partial charge on any atom is -0.493 e. The normalized spacial score (nSPS) is 12.0. The molecule has 0 aliphatic rings. The Morgan fingerprint density at radius 1 is 0.580 bits per heavy atom. The maximum absolute atomic E-state index is 12.5. The molecule has 2 unspecified atom stereocenters. The molecule has 0 N–H and O–H groups in total. The van der Waals surface area contributed by atoms with Gasteiger partial charge in [-0.1, -0.05) is 79.9 Å². The number of hydrogen-bond acceptors (Lipinski definition) is 9. The summed E-state index contributed by atoms with van der Waals surface area (Å²) >= 11 is 0. The average Bonchev–Trinajstić information content (AvgIpc) is 3.11. The van der Waals surface area contributed by atoms with Crippen LogP contribution in [0.15, 0.2) is 127 Å². The lowest BCUT2D eigenvalue weighted by Gasteiger charge is -2.22. The molecule has 0 saturated heterocycles. The molecular weight excluding hydrogens is 636 g/mol. The second kappa shape index (κ2) is 16.9. The lowest BCUT2D eigenvalue weighted by molar-refractivity contribution is -0.161. The molecule has 0 radical (unpaired) electrons. The summed E-state index contributed by atoms with van der Waals surface area (Å²) < 4.78 is 41.2. The number of fused-ring (bicyclic) bond motifs is 2. The Labute approximate surface area is 291 Å². The third-order valence-electron chi connectivity index (χ3n) is 7.52. The second-order valence-electron chi connectivity index (χ2n) is 11.5. The van der Waals surface area contributed by atoms with E-state index in [0.717, 1.165) is 21.5 Å². The van der Waals surface area contributed by atoms with Gasteiger partial charge in [-0.05, 0) is 71.8 Å². The van der Waals surface area contributed by atoms with Gasteiger partial charge in [-0.25, -0.2) is 9.59 Å². The van der Waals surface area contributed by atoms with Crippen LogP contribution in [0.1, 0.15) is 26.7 Å². The van der Waals surface area contributed by atoms with Crippen molar-refractivity contribution in [2.45, 2.75) is 39.3 Å². The molecule has 0 aliphatic carbocycles. The number of hydrogen-bond donors (Lipinski definition) is 0. The molecule has 0 fully saturated rings. The second-order valence-corrected chi connectivity index (χ2v) is 11.5. The Hall–Kier alpha value is -5.96. The summed E-state index contributed by atoms with van der Waals surface area (Å²) in [4.78, 5) is 24.9. The maximum Gasteiger partial charge on any atom is 0.336 e. The number of rotatable bonds is 17. The first-order valence-electron chi connectivity index (χ1n) is 16.2. The van der Waals surface area contributed by atoms with E-state index in [1.165, 1.54) is 7.11 Å². The van der Waals surface area contributed by atoms with Crippen LogP contribution in [0.2, 0.25) is 0 Å². The van der Waals surface area contributed by atoms with Gasteiger partial charge in [-0.15, -0.1) is 0 Å². The SMILES string of the molecule is C=C(C)C(=O)OC(CCOc1cccc(OC)c1OCCC(OC(=O)C(=C)C)Oc1ccc2ccccc2c1)Oc1ccc2ccccc2c1. The zero-order valence-electron chi connectivity index (χ0n) is 28.4. The summed E-state index contributed by atoms with van der Waals surface area (Å²) in [5, 5.41) is 4.10. The number of para-hydroxylation sites is 1. The summed E-state index contributed by atoms with van der Waals surface area (Å²) in [6, 6.07) is 32.3. The Bertz CT molecular complexity index is 1980. The topological polar surface area (TPSA) is 98.8 Å². The van der Waals surface area contributed by atoms with Crippen molar-refractivity contribution < 1.29 is 42.7 Å². The molecule has 50 heavy (non-hydrogen) atoms. The molecule has 5 rings (SSSR count).